The fourth-order valence-electron chi connectivity index (χ4n) is 4.76. The third-order valence-corrected chi connectivity index (χ3v) is 6.06. The highest BCUT2D eigenvalue weighted by Crippen LogP contribution is 2.68. The molecule has 2 aromatic rings. The first-order chi connectivity index (χ1) is 10.8. The van der Waals surface area contributed by atoms with Crippen molar-refractivity contribution in [2.24, 2.45) is 11.3 Å². The SMILES string of the molecule is CC(C)(O)[C@@H]1c2nc(-c3ccccn3)ccc2[C@@H]2C[C@H]1C2(C)C. The molecule has 2 bridgehead atoms. The van der Waals surface area contributed by atoms with Crippen LogP contribution in [0.4, 0.5) is 0 Å². The van der Waals surface area contributed by atoms with Gasteiger partial charge >= 0.3 is 0 Å². The first kappa shape index (κ1) is 14.8. The van der Waals surface area contributed by atoms with E-state index in [4.69, 9.17) is 4.98 Å². The summed E-state index contributed by atoms with van der Waals surface area (Å²) in [5, 5.41) is 10.8. The molecule has 2 heterocycles. The standard InChI is InChI=1S/C20H24N2O/c1-19(2)13-11-14(19)17(20(3,4)23)18-12(13)8-9-16(22-18)15-7-5-6-10-21-15/h5-10,13-14,17,23H,11H2,1-4H3/t13-,14+,17-/m0/s1. The van der Waals surface area contributed by atoms with Crippen LogP contribution in [0.1, 0.15) is 57.2 Å². The van der Waals surface area contributed by atoms with Crippen molar-refractivity contribution in [3.8, 4) is 11.4 Å². The van der Waals surface area contributed by atoms with Gasteiger partial charge in [0.25, 0.3) is 0 Å². The Labute approximate surface area is 137 Å². The quantitative estimate of drug-likeness (QED) is 0.907. The van der Waals surface area contributed by atoms with Crippen molar-refractivity contribution >= 4 is 0 Å². The lowest BCUT2D eigenvalue weighted by atomic mass is 9.43. The van der Waals surface area contributed by atoms with Gasteiger partial charge in [-0.2, -0.15) is 0 Å². The van der Waals surface area contributed by atoms with E-state index in [1.807, 2.05) is 32.0 Å². The van der Waals surface area contributed by atoms with Crippen molar-refractivity contribution in [1.29, 1.82) is 0 Å². The number of nitrogens with zero attached hydrogens (tertiary/aromatic N) is 2. The molecule has 3 aliphatic rings. The maximum atomic E-state index is 10.8. The summed E-state index contributed by atoms with van der Waals surface area (Å²) in [6.07, 6.45) is 2.96. The molecule has 0 unspecified atom stereocenters. The fourth-order valence-corrected chi connectivity index (χ4v) is 4.76. The number of hydrogen-bond donors (Lipinski definition) is 1. The molecule has 3 heteroatoms. The number of aliphatic hydroxyl groups is 1. The Kier molecular flexibility index (Phi) is 2.99. The lowest BCUT2D eigenvalue weighted by Crippen LogP contribution is -2.55. The predicted octanol–water partition coefficient (Wildman–Crippen LogP) is 4.14. The van der Waals surface area contributed by atoms with Crippen molar-refractivity contribution in [2.45, 2.75) is 51.6 Å². The normalized spacial score (nSPS) is 28.0. The second-order valence-electron chi connectivity index (χ2n) is 8.23. The molecule has 2 aromatic heterocycles. The van der Waals surface area contributed by atoms with E-state index >= 15 is 0 Å². The third-order valence-electron chi connectivity index (χ3n) is 6.06. The first-order valence-corrected chi connectivity index (χ1v) is 8.45. The molecule has 0 aliphatic heterocycles. The van der Waals surface area contributed by atoms with E-state index < -0.39 is 5.60 Å². The minimum absolute atomic E-state index is 0.0844. The molecular weight excluding hydrogens is 284 g/mol. The second-order valence-corrected chi connectivity index (χ2v) is 8.23. The molecule has 1 N–H and O–H groups in total. The van der Waals surface area contributed by atoms with Crippen LogP contribution in [0.25, 0.3) is 11.4 Å². The summed E-state index contributed by atoms with van der Waals surface area (Å²) in [4.78, 5) is 9.37. The molecule has 1 fully saturated rings. The number of hydrogen-bond acceptors (Lipinski definition) is 3. The summed E-state index contributed by atoms with van der Waals surface area (Å²) in [5.74, 6) is 1.14. The Morgan fingerprint density at radius 1 is 1.13 bits per heavy atom. The fraction of sp³-hybridized carbons (Fsp3) is 0.500. The molecule has 1 saturated carbocycles. The van der Waals surface area contributed by atoms with Gasteiger partial charge < -0.3 is 5.11 Å². The molecule has 0 spiro atoms. The Bertz CT molecular complexity index is 746. The Balaban J connectivity index is 1.87. The Morgan fingerprint density at radius 2 is 1.91 bits per heavy atom. The summed E-state index contributed by atoms with van der Waals surface area (Å²) >= 11 is 0. The largest absolute Gasteiger partial charge is 0.390 e. The molecule has 0 aromatic carbocycles. The van der Waals surface area contributed by atoms with Crippen molar-refractivity contribution in [2.75, 3.05) is 0 Å². The molecular formula is C20H24N2O. The number of aromatic nitrogens is 2. The van der Waals surface area contributed by atoms with Gasteiger partial charge in [-0.1, -0.05) is 26.0 Å². The maximum absolute atomic E-state index is 10.8. The zero-order chi connectivity index (χ0) is 16.4. The summed E-state index contributed by atoms with van der Waals surface area (Å²) in [6, 6.07) is 10.2. The van der Waals surface area contributed by atoms with Crippen LogP contribution in [-0.4, -0.2) is 20.7 Å². The van der Waals surface area contributed by atoms with E-state index in [0.717, 1.165) is 17.1 Å². The molecule has 3 nitrogen and oxygen atoms in total. The molecule has 0 radical (unpaired) electrons. The maximum Gasteiger partial charge on any atom is 0.0889 e. The van der Waals surface area contributed by atoms with Crippen molar-refractivity contribution in [1.82, 2.24) is 9.97 Å². The van der Waals surface area contributed by atoms with E-state index in [0.29, 0.717) is 11.8 Å². The van der Waals surface area contributed by atoms with Gasteiger partial charge in [-0.15, -0.1) is 0 Å². The second kappa shape index (κ2) is 4.64. The summed E-state index contributed by atoms with van der Waals surface area (Å²) in [5.41, 5.74) is 3.68. The molecule has 0 amide bonds. The van der Waals surface area contributed by atoms with Gasteiger partial charge in [-0.3, -0.25) is 9.97 Å². The Hall–Kier alpha value is -1.74. The van der Waals surface area contributed by atoms with Crippen LogP contribution >= 0.6 is 0 Å². The minimum atomic E-state index is -0.766. The lowest BCUT2D eigenvalue weighted by molar-refractivity contribution is -0.0790. The van der Waals surface area contributed by atoms with E-state index in [2.05, 4.69) is 31.0 Å². The zero-order valence-corrected chi connectivity index (χ0v) is 14.2. The van der Waals surface area contributed by atoms with Crippen LogP contribution in [0, 0.1) is 11.3 Å². The zero-order valence-electron chi connectivity index (χ0n) is 14.2. The lowest BCUT2D eigenvalue weighted by Gasteiger charge is -2.62. The first-order valence-electron chi connectivity index (χ1n) is 8.45. The van der Waals surface area contributed by atoms with Crippen molar-refractivity contribution in [3.63, 3.8) is 0 Å². The topological polar surface area (TPSA) is 46.0 Å². The molecule has 23 heavy (non-hydrogen) atoms. The molecule has 3 aliphatic carbocycles. The monoisotopic (exact) mass is 308 g/mol. The highest BCUT2D eigenvalue weighted by molar-refractivity contribution is 5.56. The van der Waals surface area contributed by atoms with Gasteiger partial charge in [0, 0.05) is 12.1 Å². The smallest absolute Gasteiger partial charge is 0.0889 e. The Morgan fingerprint density at radius 3 is 2.52 bits per heavy atom. The van der Waals surface area contributed by atoms with Crippen LogP contribution in [-0.2, 0) is 0 Å². The van der Waals surface area contributed by atoms with Crippen molar-refractivity contribution in [3.05, 3.63) is 47.8 Å². The highest BCUT2D eigenvalue weighted by atomic mass is 16.3. The van der Waals surface area contributed by atoms with Crippen LogP contribution in [0.3, 0.4) is 0 Å². The van der Waals surface area contributed by atoms with Crippen LogP contribution < -0.4 is 0 Å². The van der Waals surface area contributed by atoms with Gasteiger partial charge in [0.15, 0.2) is 0 Å². The van der Waals surface area contributed by atoms with E-state index in [1.165, 1.54) is 12.0 Å². The van der Waals surface area contributed by atoms with Crippen molar-refractivity contribution < 1.29 is 5.11 Å². The summed E-state index contributed by atoms with van der Waals surface area (Å²) < 4.78 is 0. The molecule has 5 rings (SSSR count). The van der Waals surface area contributed by atoms with Crippen LogP contribution in [0.2, 0.25) is 0 Å². The van der Waals surface area contributed by atoms with Crippen LogP contribution in [0.5, 0.6) is 0 Å². The van der Waals surface area contributed by atoms with E-state index in [-0.39, 0.29) is 11.3 Å². The third kappa shape index (κ3) is 2.06. The summed E-state index contributed by atoms with van der Waals surface area (Å²) in [7, 11) is 0. The molecule has 120 valence electrons. The van der Waals surface area contributed by atoms with E-state index in [1.54, 1.807) is 6.20 Å². The van der Waals surface area contributed by atoms with Crippen LogP contribution in [0.15, 0.2) is 36.5 Å². The highest BCUT2D eigenvalue weighted by Gasteiger charge is 2.60. The van der Waals surface area contributed by atoms with Gasteiger partial charge in [-0.05, 0) is 61.3 Å². The van der Waals surface area contributed by atoms with E-state index in [9.17, 15) is 5.11 Å². The number of pyridine rings is 2. The van der Waals surface area contributed by atoms with Gasteiger partial charge in [-0.25, -0.2) is 0 Å². The van der Waals surface area contributed by atoms with Gasteiger partial charge in [0.1, 0.15) is 0 Å². The average Bonchev–Trinajstić information content (AvgIpc) is 2.52. The molecule has 3 atom stereocenters. The average molecular weight is 308 g/mol. The summed E-state index contributed by atoms with van der Waals surface area (Å²) in [6.45, 7) is 8.51. The minimum Gasteiger partial charge on any atom is -0.390 e. The number of rotatable bonds is 2. The van der Waals surface area contributed by atoms with Gasteiger partial charge in [0.2, 0.25) is 0 Å². The predicted molar refractivity (Wildman–Crippen MR) is 91.1 cm³/mol. The molecule has 0 saturated heterocycles. The van der Waals surface area contributed by atoms with Gasteiger partial charge in [0.05, 0.1) is 22.7 Å².